The maximum Gasteiger partial charge on any atom is 0.308 e. The molecule has 0 aliphatic rings. The van der Waals surface area contributed by atoms with Crippen LogP contribution in [0.4, 0.5) is 5.69 Å². The van der Waals surface area contributed by atoms with Gasteiger partial charge in [-0.3, -0.25) is 9.59 Å². The minimum absolute atomic E-state index is 0.00218. The number of anilines is 1. The van der Waals surface area contributed by atoms with Crippen molar-refractivity contribution < 1.29 is 29.0 Å². The minimum Gasteiger partial charge on any atom is -0.545 e. The highest BCUT2D eigenvalue weighted by molar-refractivity contribution is 6.00. The van der Waals surface area contributed by atoms with E-state index in [2.05, 4.69) is 5.32 Å². The fourth-order valence-electron chi connectivity index (χ4n) is 2.25. The van der Waals surface area contributed by atoms with E-state index in [0.29, 0.717) is 11.3 Å². The fourth-order valence-corrected chi connectivity index (χ4v) is 2.25. The molecule has 2 rings (SSSR count). The van der Waals surface area contributed by atoms with Crippen LogP contribution in [0, 0.1) is 0 Å². The van der Waals surface area contributed by atoms with Gasteiger partial charge in [0.25, 0.3) is 0 Å². The number of carboxylic acid groups (broad SMARTS) is 1. The minimum atomic E-state index is -1.50. The molecule has 0 aliphatic heterocycles. The van der Waals surface area contributed by atoms with Crippen molar-refractivity contribution in [2.75, 3.05) is 12.4 Å². The lowest BCUT2D eigenvalue weighted by atomic mass is 10.1. The number of amides is 1. The van der Waals surface area contributed by atoms with Gasteiger partial charge in [0, 0.05) is 18.1 Å². The molecule has 2 aromatic carbocycles. The van der Waals surface area contributed by atoms with Crippen LogP contribution in [0.1, 0.15) is 22.8 Å². The van der Waals surface area contributed by atoms with Crippen molar-refractivity contribution in [1.29, 1.82) is 0 Å². The number of carboxylic acids is 1. The maximum atomic E-state index is 12.2. The van der Waals surface area contributed by atoms with E-state index in [0.717, 1.165) is 6.07 Å². The molecule has 0 unspecified atom stereocenters. The summed E-state index contributed by atoms with van der Waals surface area (Å²) in [5.41, 5.74) is 0.428. The molecule has 0 bridgehead atoms. The van der Waals surface area contributed by atoms with Gasteiger partial charge in [0.15, 0.2) is 0 Å². The van der Waals surface area contributed by atoms with Crippen molar-refractivity contribution in [3.05, 3.63) is 53.6 Å². The number of para-hydroxylation sites is 1. The van der Waals surface area contributed by atoms with Crippen LogP contribution in [-0.4, -0.2) is 25.0 Å². The summed E-state index contributed by atoms with van der Waals surface area (Å²) < 4.78 is 10.0. The van der Waals surface area contributed by atoms with Crippen LogP contribution < -0.4 is 19.9 Å². The maximum absolute atomic E-state index is 12.2. The Morgan fingerprint density at radius 2 is 1.84 bits per heavy atom. The molecule has 1 amide bonds. The molecule has 0 spiro atoms. The molecule has 0 aliphatic carbocycles. The van der Waals surface area contributed by atoms with Crippen LogP contribution >= 0.6 is 0 Å². The van der Waals surface area contributed by atoms with E-state index in [4.69, 9.17) is 9.47 Å². The van der Waals surface area contributed by atoms with Gasteiger partial charge in [-0.1, -0.05) is 18.2 Å². The van der Waals surface area contributed by atoms with Crippen LogP contribution in [0.5, 0.6) is 11.5 Å². The molecule has 1 N–H and O–H groups in total. The molecule has 130 valence electrons. The first kappa shape index (κ1) is 18.0. The summed E-state index contributed by atoms with van der Waals surface area (Å²) >= 11 is 0. The van der Waals surface area contributed by atoms with Crippen molar-refractivity contribution in [3.63, 3.8) is 0 Å². The number of aromatic carboxylic acids is 1. The Hall–Kier alpha value is -3.35. The van der Waals surface area contributed by atoms with E-state index >= 15 is 0 Å². The number of ether oxygens (including phenoxy) is 2. The number of carbonyl (C=O) groups excluding carboxylic acids is 3. The van der Waals surface area contributed by atoms with Gasteiger partial charge in [-0.05, 0) is 24.3 Å². The van der Waals surface area contributed by atoms with Crippen LogP contribution in [0.2, 0.25) is 0 Å². The molecule has 0 fully saturated rings. The predicted octanol–water partition coefficient (Wildman–Crippen LogP) is 1.17. The molecule has 0 aromatic heterocycles. The average Bonchev–Trinajstić information content (AvgIpc) is 2.56. The molecular formula is C18H16NO6-. The summed E-state index contributed by atoms with van der Waals surface area (Å²) in [4.78, 5) is 34.5. The topological polar surface area (TPSA) is 105 Å². The molecule has 7 heteroatoms. The first-order valence-corrected chi connectivity index (χ1v) is 7.36. The zero-order valence-corrected chi connectivity index (χ0v) is 13.7. The van der Waals surface area contributed by atoms with Crippen molar-refractivity contribution >= 4 is 23.5 Å². The quantitative estimate of drug-likeness (QED) is 0.624. The first-order chi connectivity index (χ1) is 11.9. The lowest BCUT2D eigenvalue weighted by Gasteiger charge is -2.14. The van der Waals surface area contributed by atoms with Gasteiger partial charge in [-0.2, -0.15) is 0 Å². The Bertz CT molecular complexity index is 815. The third-order valence-electron chi connectivity index (χ3n) is 3.29. The van der Waals surface area contributed by atoms with Gasteiger partial charge in [-0.25, -0.2) is 0 Å². The molecule has 25 heavy (non-hydrogen) atoms. The number of hydrogen-bond acceptors (Lipinski definition) is 6. The summed E-state index contributed by atoms with van der Waals surface area (Å²) in [5.74, 6) is -1.90. The van der Waals surface area contributed by atoms with Crippen LogP contribution in [-0.2, 0) is 16.0 Å². The highest BCUT2D eigenvalue weighted by atomic mass is 16.5. The Morgan fingerprint density at radius 1 is 1.12 bits per heavy atom. The summed E-state index contributed by atoms with van der Waals surface area (Å²) in [6, 6.07) is 10.9. The van der Waals surface area contributed by atoms with Gasteiger partial charge in [0.05, 0.1) is 25.2 Å². The molecule has 0 saturated heterocycles. The molecule has 0 radical (unpaired) electrons. The first-order valence-electron chi connectivity index (χ1n) is 7.36. The number of hydrogen-bond donors (Lipinski definition) is 1. The lowest BCUT2D eigenvalue weighted by Crippen LogP contribution is -2.25. The fraction of sp³-hybridized carbons (Fsp3) is 0.167. The number of carbonyl (C=O) groups is 3. The van der Waals surface area contributed by atoms with Gasteiger partial charge >= 0.3 is 5.97 Å². The molecular weight excluding hydrogens is 326 g/mol. The van der Waals surface area contributed by atoms with E-state index < -0.39 is 17.8 Å². The second kappa shape index (κ2) is 7.96. The van der Waals surface area contributed by atoms with Gasteiger partial charge in [-0.15, -0.1) is 0 Å². The van der Waals surface area contributed by atoms with E-state index in [1.165, 1.54) is 26.2 Å². The van der Waals surface area contributed by atoms with Gasteiger partial charge in [0.1, 0.15) is 11.5 Å². The zero-order valence-electron chi connectivity index (χ0n) is 13.7. The van der Waals surface area contributed by atoms with Crippen molar-refractivity contribution in [2.45, 2.75) is 13.3 Å². The smallest absolute Gasteiger partial charge is 0.308 e. The summed E-state index contributed by atoms with van der Waals surface area (Å²) in [6.45, 7) is 1.20. The number of benzene rings is 2. The summed E-state index contributed by atoms with van der Waals surface area (Å²) in [5, 5.41) is 13.8. The Kier molecular flexibility index (Phi) is 5.73. The third-order valence-corrected chi connectivity index (χ3v) is 3.29. The number of esters is 1. The van der Waals surface area contributed by atoms with E-state index in [9.17, 15) is 19.5 Å². The molecule has 7 nitrogen and oxygen atoms in total. The van der Waals surface area contributed by atoms with E-state index in [1.807, 2.05) is 0 Å². The second-order valence-electron chi connectivity index (χ2n) is 5.13. The van der Waals surface area contributed by atoms with Crippen LogP contribution in [0.25, 0.3) is 0 Å². The molecule has 2 aromatic rings. The number of methoxy groups -OCH3 is 1. The van der Waals surface area contributed by atoms with Crippen LogP contribution in [0.3, 0.4) is 0 Å². The highest BCUT2D eigenvalue weighted by Crippen LogP contribution is 2.23. The van der Waals surface area contributed by atoms with Crippen LogP contribution in [0.15, 0.2) is 42.5 Å². The van der Waals surface area contributed by atoms with Crippen molar-refractivity contribution in [1.82, 2.24) is 0 Å². The Morgan fingerprint density at radius 3 is 2.48 bits per heavy atom. The zero-order chi connectivity index (χ0) is 18.4. The Labute approximate surface area is 144 Å². The lowest BCUT2D eigenvalue weighted by molar-refractivity contribution is -0.254. The van der Waals surface area contributed by atoms with Crippen molar-refractivity contribution in [2.24, 2.45) is 0 Å². The van der Waals surface area contributed by atoms with E-state index in [-0.39, 0.29) is 23.4 Å². The second-order valence-corrected chi connectivity index (χ2v) is 5.13. The molecule has 0 heterocycles. The monoisotopic (exact) mass is 342 g/mol. The standard InChI is InChI=1S/C18H17NO6/c1-11(20)25-13-7-8-15(14(10-13)18(22)23)19-17(21)9-12-5-3-4-6-16(12)24-2/h3-8,10H,9H2,1-2H3,(H,19,21)(H,22,23)/p-1. The van der Waals surface area contributed by atoms with E-state index in [1.54, 1.807) is 24.3 Å². The number of nitrogens with one attached hydrogen (secondary N) is 1. The summed E-state index contributed by atoms with van der Waals surface area (Å²) in [6.07, 6.45) is 0.00218. The molecule has 0 saturated carbocycles. The SMILES string of the molecule is COc1ccccc1CC(=O)Nc1ccc(OC(C)=O)cc1C(=O)[O-]. The highest BCUT2D eigenvalue weighted by Gasteiger charge is 2.12. The molecule has 0 atom stereocenters. The number of rotatable bonds is 6. The largest absolute Gasteiger partial charge is 0.545 e. The normalized spacial score (nSPS) is 10.0. The average molecular weight is 342 g/mol. The Balaban J connectivity index is 2.19. The third kappa shape index (κ3) is 4.81. The van der Waals surface area contributed by atoms with Gasteiger partial charge < -0.3 is 24.7 Å². The predicted molar refractivity (Wildman–Crippen MR) is 87.4 cm³/mol. The van der Waals surface area contributed by atoms with Gasteiger partial charge in [0.2, 0.25) is 5.91 Å². The summed E-state index contributed by atoms with van der Waals surface area (Å²) in [7, 11) is 1.50. The van der Waals surface area contributed by atoms with Crippen molar-refractivity contribution in [3.8, 4) is 11.5 Å².